The van der Waals surface area contributed by atoms with Gasteiger partial charge in [0, 0.05) is 23.3 Å². The van der Waals surface area contributed by atoms with E-state index in [1.165, 1.54) is 0 Å². The summed E-state index contributed by atoms with van der Waals surface area (Å²) in [7, 11) is 0. The summed E-state index contributed by atoms with van der Waals surface area (Å²) in [5, 5.41) is 3.58. The Labute approximate surface area is 143 Å². The van der Waals surface area contributed by atoms with Gasteiger partial charge in [-0.05, 0) is 49.9 Å². The van der Waals surface area contributed by atoms with Crippen molar-refractivity contribution in [3.8, 4) is 0 Å². The van der Waals surface area contributed by atoms with E-state index in [2.05, 4.69) is 17.1 Å². The number of benzene rings is 1. The van der Waals surface area contributed by atoms with Gasteiger partial charge in [-0.25, -0.2) is 0 Å². The van der Waals surface area contributed by atoms with Gasteiger partial charge in [0.25, 0.3) is 0 Å². The molecule has 1 aliphatic heterocycles. The summed E-state index contributed by atoms with van der Waals surface area (Å²) in [6.07, 6.45) is 2.19. The van der Waals surface area contributed by atoms with Crippen LogP contribution < -0.4 is 11.1 Å². The van der Waals surface area contributed by atoms with E-state index >= 15 is 0 Å². The minimum absolute atomic E-state index is 0. The number of anilines is 1. The average molecular weight is 346 g/mol. The van der Waals surface area contributed by atoms with Crippen LogP contribution in [0.3, 0.4) is 0 Å². The Morgan fingerprint density at radius 1 is 1.50 bits per heavy atom. The van der Waals surface area contributed by atoms with E-state index in [1.54, 1.807) is 6.07 Å². The molecule has 2 atom stereocenters. The fourth-order valence-electron chi connectivity index (χ4n) is 2.86. The molecule has 4 nitrogen and oxygen atoms in total. The van der Waals surface area contributed by atoms with Gasteiger partial charge in [0.15, 0.2) is 0 Å². The van der Waals surface area contributed by atoms with Crippen molar-refractivity contribution in [3.05, 3.63) is 28.8 Å². The van der Waals surface area contributed by atoms with Crippen LogP contribution in [-0.4, -0.2) is 36.5 Å². The van der Waals surface area contributed by atoms with Gasteiger partial charge in [-0.2, -0.15) is 0 Å². The molecule has 1 amide bonds. The Hall–Kier alpha value is -0.810. The smallest absolute Gasteiger partial charge is 0.238 e. The molecule has 1 aliphatic rings. The lowest BCUT2D eigenvalue weighted by atomic mass is 9.92. The minimum atomic E-state index is -0.00614. The largest absolute Gasteiger partial charge is 0.329 e. The number of hydrogen-bond donors (Lipinski definition) is 2. The molecule has 1 saturated heterocycles. The minimum Gasteiger partial charge on any atom is -0.329 e. The molecule has 1 heterocycles. The van der Waals surface area contributed by atoms with Crippen molar-refractivity contribution in [2.24, 2.45) is 11.7 Å². The van der Waals surface area contributed by atoms with Gasteiger partial charge < -0.3 is 11.1 Å². The zero-order valence-corrected chi connectivity index (χ0v) is 14.7. The predicted molar refractivity (Wildman–Crippen MR) is 94.9 cm³/mol. The number of carbonyl (C=O) groups excluding carboxylic acids is 1. The summed E-state index contributed by atoms with van der Waals surface area (Å²) in [4.78, 5) is 14.4. The molecule has 1 aromatic rings. The number of likely N-dealkylation sites (tertiary alicyclic amines) is 1. The number of aryl methyl sites for hydroxylation is 1. The number of carbonyl (C=O) groups is 1. The number of halogens is 2. The number of hydrogen-bond acceptors (Lipinski definition) is 3. The van der Waals surface area contributed by atoms with E-state index in [-0.39, 0.29) is 18.3 Å². The SMILES string of the molecule is Cc1ccc(Cl)cc1NC(=O)CN1CCC(C)CC1CN.Cl. The van der Waals surface area contributed by atoms with Crippen LogP contribution in [0.25, 0.3) is 0 Å². The van der Waals surface area contributed by atoms with Crippen molar-refractivity contribution in [2.75, 3.05) is 25.0 Å². The van der Waals surface area contributed by atoms with E-state index in [0.717, 1.165) is 30.6 Å². The van der Waals surface area contributed by atoms with E-state index in [0.29, 0.717) is 30.1 Å². The molecule has 6 heteroatoms. The topological polar surface area (TPSA) is 58.4 Å². The molecule has 0 aromatic heterocycles. The third kappa shape index (κ3) is 5.13. The third-order valence-electron chi connectivity index (χ3n) is 4.19. The molecule has 0 saturated carbocycles. The quantitative estimate of drug-likeness (QED) is 0.881. The van der Waals surface area contributed by atoms with E-state index in [1.807, 2.05) is 19.1 Å². The highest BCUT2D eigenvalue weighted by Crippen LogP contribution is 2.23. The Morgan fingerprint density at radius 2 is 2.23 bits per heavy atom. The van der Waals surface area contributed by atoms with Crippen molar-refractivity contribution in [3.63, 3.8) is 0 Å². The van der Waals surface area contributed by atoms with Crippen molar-refractivity contribution in [1.82, 2.24) is 4.90 Å². The molecule has 2 rings (SSSR count). The van der Waals surface area contributed by atoms with Crippen molar-refractivity contribution in [1.29, 1.82) is 0 Å². The summed E-state index contributed by atoms with van der Waals surface area (Å²) >= 11 is 5.98. The Bertz CT molecular complexity index is 510. The number of nitrogens with one attached hydrogen (secondary N) is 1. The van der Waals surface area contributed by atoms with E-state index in [4.69, 9.17) is 17.3 Å². The molecule has 2 unspecified atom stereocenters. The molecule has 3 N–H and O–H groups in total. The molecule has 1 aromatic carbocycles. The maximum atomic E-state index is 12.3. The first-order valence-corrected chi connectivity index (χ1v) is 7.87. The first-order valence-electron chi connectivity index (χ1n) is 7.49. The van der Waals surface area contributed by atoms with Crippen LogP contribution in [0.1, 0.15) is 25.3 Å². The summed E-state index contributed by atoms with van der Waals surface area (Å²) in [6.45, 7) is 6.13. The van der Waals surface area contributed by atoms with Gasteiger partial charge in [-0.3, -0.25) is 9.69 Å². The van der Waals surface area contributed by atoms with Crippen molar-refractivity contribution >= 4 is 35.6 Å². The molecular formula is C16H25Cl2N3O. The summed E-state index contributed by atoms with van der Waals surface area (Å²) in [5.41, 5.74) is 7.63. The van der Waals surface area contributed by atoms with Crippen LogP contribution in [0.4, 0.5) is 5.69 Å². The van der Waals surface area contributed by atoms with Crippen LogP contribution in [0.5, 0.6) is 0 Å². The van der Waals surface area contributed by atoms with Crippen LogP contribution in [0.15, 0.2) is 18.2 Å². The fourth-order valence-corrected chi connectivity index (χ4v) is 3.03. The monoisotopic (exact) mass is 345 g/mol. The highest BCUT2D eigenvalue weighted by Gasteiger charge is 2.26. The van der Waals surface area contributed by atoms with Gasteiger partial charge in [0.1, 0.15) is 0 Å². The van der Waals surface area contributed by atoms with E-state index in [9.17, 15) is 4.79 Å². The van der Waals surface area contributed by atoms with Crippen molar-refractivity contribution < 1.29 is 4.79 Å². The fraction of sp³-hybridized carbons (Fsp3) is 0.562. The van der Waals surface area contributed by atoms with E-state index < -0.39 is 0 Å². The lowest BCUT2D eigenvalue weighted by Crippen LogP contribution is -2.49. The molecule has 1 fully saturated rings. The normalized spacial score (nSPS) is 22.0. The first kappa shape index (κ1) is 19.2. The molecule has 0 aliphatic carbocycles. The van der Waals surface area contributed by atoms with Gasteiger partial charge in [0.2, 0.25) is 5.91 Å². The number of rotatable bonds is 4. The number of piperidine rings is 1. The van der Waals surface area contributed by atoms with Gasteiger partial charge in [-0.1, -0.05) is 24.6 Å². The Kier molecular flexibility index (Phi) is 7.63. The molecule has 0 radical (unpaired) electrons. The Balaban J connectivity index is 0.00000242. The number of amides is 1. The second-order valence-electron chi connectivity index (χ2n) is 6.00. The molecule has 124 valence electrons. The van der Waals surface area contributed by atoms with Gasteiger partial charge >= 0.3 is 0 Å². The van der Waals surface area contributed by atoms with Gasteiger partial charge in [0.05, 0.1) is 6.54 Å². The summed E-state index contributed by atoms with van der Waals surface area (Å²) in [6, 6.07) is 5.82. The second-order valence-corrected chi connectivity index (χ2v) is 6.43. The lowest BCUT2D eigenvalue weighted by molar-refractivity contribution is -0.118. The van der Waals surface area contributed by atoms with Gasteiger partial charge in [-0.15, -0.1) is 12.4 Å². The predicted octanol–water partition coefficient (Wildman–Crippen LogP) is 3.07. The summed E-state index contributed by atoms with van der Waals surface area (Å²) in [5.74, 6) is 0.682. The van der Waals surface area contributed by atoms with Crippen molar-refractivity contribution in [2.45, 2.75) is 32.7 Å². The highest BCUT2D eigenvalue weighted by atomic mass is 35.5. The zero-order chi connectivity index (χ0) is 15.4. The molecule has 0 spiro atoms. The number of nitrogens with zero attached hydrogens (tertiary/aromatic N) is 1. The van der Waals surface area contributed by atoms with Crippen LogP contribution in [-0.2, 0) is 4.79 Å². The average Bonchev–Trinajstić information content (AvgIpc) is 2.44. The maximum Gasteiger partial charge on any atom is 0.238 e. The number of nitrogens with two attached hydrogens (primary N) is 1. The standard InChI is InChI=1S/C16H24ClN3O.ClH/c1-11-5-6-20(14(7-11)9-18)10-16(21)19-15-8-13(17)4-3-12(15)2;/h3-4,8,11,14H,5-7,9-10,18H2,1-2H3,(H,19,21);1H. The third-order valence-corrected chi connectivity index (χ3v) is 4.43. The van der Waals surface area contributed by atoms with Crippen LogP contribution in [0, 0.1) is 12.8 Å². The maximum absolute atomic E-state index is 12.3. The Morgan fingerprint density at radius 3 is 2.91 bits per heavy atom. The summed E-state index contributed by atoms with van der Waals surface area (Å²) < 4.78 is 0. The second kappa shape index (κ2) is 8.73. The first-order chi connectivity index (χ1) is 9.99. The molecule has 0 bridgehead atoms. The lowest BCUT2D eigenvalue weighted by Gasteiger charge is -2.37. The van der Waals surface area contributed by atoms with Crippen LogP contribution in [0.2, 0.25) is 5.02 Å². The molecular weight excluding hydrogens is 321 g/mol. The highest BCUT2D eigenvalue weighted by molar-refractivity contribution is 6.31. The zero-order valence-electron chi connectivity index (χ0n) is 13.1. The van der Waals surface area contributed by atoms with Crippen LogP contribution >= 0.6 is 24.0 Å². The molecule has 22 heavy (non-hydrogen) atoms.